The Labute approximate surface area is 158 Å². The lowest BCUT2D eigenvalue weighted by Gasteiger charge is -2.33. The lowest BCUT2D eigenvalue weighted by atomic mass is 9.85. The van der Waals surface area contributed by atoms with Crippen molar-refractivity contribution in [2.75, 3.05) is 11.6 Å². The zero-order chi connectivity index (χ0) is 20.0. The fourth-order valence-electron chi connectivity index (χ4n) is 3.57. The van der Waals surface area contributed by atoms with Crippen molar-refractivity contribution in [1.82, 2.24) is 0 Å². The Morgan fingerprint density at radius 2 is 1.85 bits per heavy atom. The van der Waals surface area contributed by atoms with Crippen LogP contribution in [-0.4, -0.2) is 25.3 Å². The van der Waals surface area contributed by atoms with Gasteiger partial charge in [0, 0.05) is 22.9 Å². The SMILES string of the molecule is CC1=CC(C)(C)Nc2ccc(-c3ccc(F)cc3OS(C)(=O)=O)c(CO)c21. The summed E-state index contributed by atoms with van der Waals surface area (Å²) in [5.41, 5.74) is 4.09. The van der Waals surface area contributed by atoms with E-state index in [1.807, 2.05) is 26.8 Å². The Kier molecular flexibility index (Phi) is 4.78. The van der Waals surface area contributed by atoms with Gasteiger partial charge in [-0.05, 0) is 55.7 Å². The smallest absolute Gasteiger partial charge is 0.306 e. The molecule has 2 N–H and O–H groups in total. The minimum Gasteiger partial charge on any atom is -0.392 e. The van der Waals surface area contributed by atoms with Gasteiger partial charge >= 0.3 is 10.1 Å². The Hall–Kier alpha value is -2.38. The van der Waals surface area contributed by atoms with E-state index < -0.39 is 15.9 Å². The van der Waals surface area contributed by atoms with Gasteiger partial charge in [0.05, 0.1) is 18.4 Å². The summed E-state index contributed by atoms with van der Waals surface area (Å²) in [4.78, 5) is 0. The normalized spacial score (nSPS) is 15.6. The molecule has 0 spiro atoms. The maximum Gasteiger partial charge on any atom is 0.306 e. The standard InChI is InChI=1S/C20H22FNO4S/c1-12-10-20(2,3)22-17-8-7-14(16(11-23)19(12)17)15-6-5-13(21)9-18(15)26-27(4,24)25/h5-10,22-23H,11H2,1-4H3. The molecule has 0 unspecified atom stereocenters. The van der Waals surface area contributed by atoms with Crippen molar-refractivity contribution in [3.8, 4) is 16.9 Å². The Bertz CT molecular complexity index is 1040. The molecule has 2 aromatic carbocycles. The van der Waals surface area contributed by atoms with Crippen molar-refractivity contribution in [1.29, 1.82) is 0 Å². The zero-order valence-corrected chi connectivity index (χ0v) is 16.4. The van der Waals surface area contributed by atoms with Crippen LogP contribution in [0.15, 0.2) is 36.4 Å². The van der Waals surface area contributed by atoms with E-state index in [9.17, 15) is 17.9 Å². The van der Waals surface area contributed by atoms with E-state index in [-0.39, 0.29) is 17.9 Å². The third kappa shape index (κ3) is 3.99. The quantitative estimate of drug-likeness (QED) is 0.773. The number of aliphatic hydroxyl groups is 1. The second-order valence-electron chi connectivity index (χ2n) is 7.27. The van der Waals surface area contributed by atoms with Crippen LogP contribution in [0.25, 0.3) is 16.7 Å². The molecule has 27 heavy (non-hydrogen) atoms. The van der Waals surface area contributed by atoms with Crippen LogP contribution in [0.4, 0.5) is 10.1 Å². The molecule has 3 rings (SSSR count). The summed E-state index contributed by atoms with van der Waals surface area (Å²) in [5.74, 6) is -0.724. The summed E-state index contributed by atoms with van der Waals surface area (Å²) in [6.07, 6.45) is 2.97. The van der Waals surface area contributed by atoms with Gasteiger partial charge in [0.1, 0.15) is 5.82 Å². The lowest BCUT2D eigenvalue weighted by molar-refractivity contribution is 0.282. The van der Waals surface area contributed by atoms with Crippen molar-refractivity contribution >= 4 is 21.4 Å². The molecule has 0 saturated carbocycles. The second kappa shape index (κ2) is 6.65. The highest BCUT2D eigenvalue weighted by atomic mass is 32.2. The average molecular weight is 391 g/mol. The van der Waals surface area contributed by atoms with Gasteiger partial charge in [-0.3, -0.25) is 0 Å². The van der Waals surface area contributed by atoms with Gasteiger partial charge < -0.3 is 14.6 Å². The molecule has 0 saturated heterocycles. The number of anilines is 1. The zero-order valence-electron chi connectivity index (χ0n) is 15.6. The molecule has 0 bridgehead atoms. The first kappa shape index (κ1) is 19.4. The number of nitrogens with one attached hydrogen (secondary N) is 1. The molecule has 0 radical (unpaired) electrons. The predicted octanol–water partition coefficient (Wildman–Crippen LogP) is 3.93. The largest absolute Gasteiger partial charge is 0.392 e. The molecule has 1 aliphatic rings. The Morgan fingerprint density at radius 1 is 1.19 bits per heavy atom. The summed E-state index contributed by atoms with van der Waals surface area (Å²) in [5, 5.41) is 13.5. The fourth-order valence-corrected chi connectivity index (χ4v) is 4.03. The predicted molar refractivity (Wildman–Crippen MR) is 105 cm³/mol. The van der Waals surface area contributed by atoms with Crippen LogP contribution in [0.3, 0.4) is 0 Å². The molecule has 1 aliphatic heterocycles. The number of rotatable bonds is 4. The first-order valence-corrected chi connectivity index (χ1v) is 10.3. The van der Waals surface area contributed by atoms with Crippen molar-refractivity contribution < 1.29 is 22.1 Å². The summed E-state index contributed by atoms with van der Waals surface area (Å²) in [6.45, 7) is 5.79. The first-order valence-electron chi connectivity index (χ1n) is 8.45. The lowest BCUT2D eigenvalue weighted by Crippen LogP contribution is -2.31. The van der Waals surface area contributed by atoms with E-state index in [1.54, 1.807) is 6.07 Å². The van der Waals surface area contributed by atoms with E-state index in [2.05, 4.69) is 11.4 Å². The number of allylic oxidation sites excluding steroid dienone is 1. The summed E-state index contributed by atoms with van der Waals surface area (Å²) in [7, 11) is -3.84. The monoisotopic (exact) mass is 391 g/mol. The first-order chi connectivity index (χ1) is 12.5. The molecule has 144 valence electrons. The Morgan fingerprint density at radius 3 is 2.48 bits per heavy atom. The number of aliphatic hydroxyl groups excluding tert-OH is 1. The molecule has 0 aliphatic carbocycles. The molecular formula is C20H22FNO4S. The van der Waals surface area contributed by atoms with Crippen LogP contribution in [0.1, 0.15) is 31.9 Å². The van der Waals surface area contributed by atoms with Crippen molar-refractivity contribution in [2.45, 2.75) is 32.9 Å². The van der Waals surface area contributed by atoms with Crippen LogP contribution < -0.4 is 9.50 Å². The third-order valence-corrected chi connectivity index (χ3v) is 4.86. The van der Waals surface area contributed by atoms with Gasteiger partial charge in [-0.25, -0.2) is 4.39 Å². The van der Waals surface area contributed by atoms with Gasteiger partial charge in [0.2, 0.25) is 0 Å². The van der Waals surface area contributed by atoms with E-state index in [1.165, 1.54) is 12.1 Å². The van der Waals surface area contributed by atoms with Crippen LogP contribution in [-0.2, 0) is 16.7 Å². The van der Waals surface area contributed by atoms with Crippen LogP contribution in [0, 0.1) is 5.82 Å². The minimum absolute atomic E-state index is 0.113. The number of hydrogen-bond acceptors (Lipinski definition) is 5. The van der Waals surface area contributed by atoms with E-state index in [0.717, 1.165) is 29.1 Å². The Balaban J connectivity index is 2.25. The molecule has 2 aromatic rings. The highest BCUT2D eigenvalue weighted by Gasteiger charge is 2.26. The molecule has 0 atom stereocenters. The maximum absolute atomic E-state index is 13.7. The number of fused-ring (bicyclic) bond motifs is 1. The number of hydrogen-bond donors (Lipinski definition) is 2. The second-order valence-corrected chi connectivity index (χ2v) is 8.85. The maximum atomic E-state index is 13.7. The number of halogens is 1. The molecular weight excluding hydrogens is 369 g/mol. The van der Waals surface area contributed by atoms with Gasteiger partial charge in [-0.15, -0.1) is 0 Å². The van der Waals surface area contributed by atoms with Crippen molar-refractivity contribution in [2.24, 2.45) is 0 Å². The van der Waals surface area contributed by atoms with Gasteiger partial charge in [0.25, 0.3) is 0 Å². The van der Waals surface area contributed by atoms with Crippen molar-refractivity contribution in [3.63, 3.8) is 0 Å². The van der Waals surface area contributed by atoms with Gasteiger partial charge in [-0.2, -0.15) is 8.42 Å². The topological polar surface area (TPSA) is 75.6 Å². The summed E-state index contributed by atoms with van der Waals surface area (Å²) in [6, 6.07) is 7.36. The fraction of sp³-hybridized carbons (Fsp3) is 0.300. The number of benzene rings is 2. The summed E-state index contributed by atoms with van der Waals surface area (Å²) < 4.78 is 41.9. The van der Waals surface area contributed by atoms with E-state index in [0.29, 0.717) is 16.7 Å². The molecule has 7 heteroatoms. The highest BCUT2D eigenvalue weighted by Crippen LogP contribution is 2.42. The molecule has 0 aromatic heterocycles. The van der Waals surface area contributed by atoms with Crippen LogP contribution >= 0.6 is 0 Å². The third-order valence-electron chi connectivity index (χ3n) is 4.37. The molecule has 0 fully saturated rings. The molecule has 0 amide bonds. The minimum atomic E-state index is -3.84. The van der Waals surface area contributed by atoms with Crippen molar-refractivity contribution in [3.05, 3.63) is 53.4 Å². The van der Waals surface area contributed by atoms with Crippen LogP contribution in [0.5, 0.6) is 5.75 Å². The average Bonchev–Trinajstić information content (AvgIpc) is 2.51. The van der Waals surface area contributed by atoms with Crippen LogP contribution in [0.2, 0.25) is 0 Å². The molecule has 5 nitrogen and oxygen atoms in total. The molecule has 1 heterocycles. The van der Waals surface area contributed by atoms with E-state index in [4.69, 9.17) is 4.18 Å². The highest BCUT2D eigenvalue weighted by molar-refractivity contribution is 7.86. The van der Waals surface area contributed by atoms with Gasteiger partial charge in [0.15, 0.2) is 5.75 Å². The van der Waals surface area contributed by atoms with E-state index >= 15 is 0 Å². The summed E-state index contributed by atoms with van der Waals surface area (Å²) >= 11 is 0. The van der Waals surface area contributed by atoms with Gasteiger partial charge in [-0.1, -0.05) is 12.1 Å².